The van der Waals surface area contributed by atoms with Crippen LogP contribution in [0.2, 0.25) is 5.02 Å². The summed E-state index contributed by atoms with van der Waals surface area (Å²) in [6.07, 6.45) is 1.35. The third-order valence-electron chi connectivity index (χ3n) is 5.87. The Morgan fingerprint density at radius 1 is 1.26 bits per heavy atom. The number of carbonyl (C=O) groups is 3. The first-order valence-corrected chi connectivity index (χ1v) is 12.0. The van der Waals surface area contributed by atoms with E-state index in [0.29, 0.717) is 16.1 Å². The highest BCUT2D eigenvalue weighted by molar-refractivity contribution is 6.30. The zero-order chi connectivity index (χ0) is 28.2. The fraction of sp³-hybridized carbons (Fsp3) is 0.333. The number of hydrogen-bond acceptors (Lipinski definition) is 8. The predicted molar refractivity (Wildman–Crippen MR) is 133 cm³/mol. The molecule has 3 heterocycles. The average molecular weight is 564 g/mol. The molecule has 15 heteroatoms. The standard InChI is InChI=1S/C24H24ClF2N7O5/c1-13-19(33-39-32-13)21(35)31-20(15-4-3-5-16(25)8-15)22(36)30-18-9-14(6-7-28-18)17(10-38-2)34-12-24(26,27)11-29-23(34)37/h3-9,17,20H,10-12H2,1-2H3,(H,29,37)(H,31,35)(H,28,30,36)/t17-,20+/m1/s1. The van der Waals surface area contributed by atoms with Gasteiger partial charge in [-0.25, -0.2) is 23.2 Å². The minimum atomic E-state index is -3.13. The van der Waals surface area contributed by atoms with Gasteiger partial charge >= 0.3 is 6.03 Å². The van der Waals surface area contributed by atoms with E-state index < -0.39 is 48.9 Å². The van der Waals surface area contributed by atoms with E-state index in [1.54, 1.807) is 18.2 Å². The van der Waals surface area contributed by atoms with Crippen molar-refractivity contribution in [3.05, 3.63) is 70.1 Å². The quantitative estimate of drug-likeness (QED) is 0.359. The molecule has 4 rings (SSSR count). The van der Waals surface area contributed by atoms with Gasteiger partial charge in [0.25, 0.3) is 17.7 Å². The molecule has 0 saturated carbocycles. The first-order chi connectivity index (χ1) is 18.6. The van der Waals surface area contributed by atoms with Crippen LogP contribution in [0.1, 0.15) is 39.4 Å². The van der Waals surface area contributed by atoms with Crippen LogP contribution < -0.4 is 16.0 Å². The molecular formula is C24H24ClF2N7O5. The number of ether oxygens (including phenoxy) is 1. The zero-order valence-electron chi connectivity index (χ0n) is 20.8. The molecule has 3 N–H and O–H groups in total. The van der Waals surface area contributed by atoms with E-state index in [1.165, 1.54) is 38.4 Å². The monoisotopic (exact) mass is 563 g/mol. The molecule has 1 fully saturated rings. The molecule has 12 nitrogen and oxygen atoms in total. The third-order valence-corrected chi connectivity index (χ3v) is 6.10. The van der Waals surface area contributed by atoms with Gasteiger partial charge in [0.15, 0.2) is 5.69 Å². The van der Waals surface area contributed by atoms with Crippen molar-refractivity contribution in [2.24, 2.45) is 0 Å². The van der Waals surface area contributed by atoms with Crippen LogP contribution in [0, 0.1) is 6.92 Å². The van der Waals surface area contributed by atoms with Gasteiger partial charge in [-0.3, -0.25) is 9.59 Å². The van der Waals surface area contributed by atoms with E-state index in [-0.39, 0.29) is 23.8 Å². The van der Waals surface area contributed by atoms with Crippen LogP contribution in [0.25, 0.3) is 0 Å². The highest BCUT2D eigenvalue weighted by atomic mass is 35.5. The Morgan fingerprint density at radius 2 is 2.05 bits per heavy atom. The van der Waals surface area contributed by atoms with Gasteiger partial charge in [0, 0.05) is 18.3 Å². The Labute approximate surface area is 226 Å². The first kappa shape index (κ1) is 27.9. The summed E-state index contributed by atoms with van der Waals surface area (Å²) in [5, 5.41) is 14.8. The summed E-state index contributed by atoms with van der Waals surface area (Å²) in [6, 6.07) is 6.47. The van der Waals surface area contributed by atoms with Crippen LogP contribution >= 0.6 is 11.6 Å². The smallest absolute Gasteiger partial charge is 0.318 e. The summed E-state index contributed by atoms with van der Waals surface area (Å²) in [6.45, 7) is -0.145. The number of anilines is 1. The maximum Gasteiger partial charge on any atom is 0.318 e. The number of methoxy groups -OCH3 is 1. The largest absolute Gasteiger partial charge is 0.382 e. The second-order valence-electron chi connectivity index (χ2n) is 8.74. The van der Waals surface area contributed by atoms with Crippen molar-refractivity contribution in [1.29, 1.82) is 0 Å². The van der Waals surface area contributed by atoms with Crippen molar-refractivity contribution in [2.75, 3.05) is 32.1 Å². The number of nitrogens with zero attached hydrogens (tertiary/aromatic N) is 4. The molecule has 39 heavy (non-hydrogen) atoms. The van der Waals surface area contributed by atoms with E-state index >= 15 is 0 Å². The summed E-state index contributed by atoms with van der Waals surface area (Å²) in [7, 11) is 1.38. The summed E-state index contributed by atoms with van der Waals surface area (Å²) in [4.78, 5) is 43.7. The molecule has 1 aromatic carbocycles. The van der Waals surface area contributed by atoms with Gasteiger partial charge in [-0.1, -0.05) is 28.9 Å². The first-order valence-electron chi connectivity index (χ1n) is 11.6. The topological polar surface area (TPSA) is 152 Å². The van der Waals surface area contributed by atoms with Crippen molar-refractivity contribution in [2.45, 2.75) is 24.9 Å². The van der Waals surface area contributed by atoms with Crippen molar-refractivity contribution >= 4 is 35.3 Å². The average Bonchev–Trinajstić information content (AvgIpc) is 3.33. The molecule has 0 radical (unpaired) electrons. The molecule has 2 aromatic heterocycles. The summed E-state index contributed by atoms with van der Waals surface area (Å²) in [5.74, 6) is -4.49. The highest BCUT2D eigenvalue weighted by Gasteiger charge is 2.42. The molecule has 1 aliphatic rings. The van der Waals surface area contributed by atoms with Crippen LogP contribution in [-0.2, 0) is 9.53 Å². The second kappa shape index (κ2) is 11.7. The lowest BCUT2D eigenvalue weighted by molar-refractivity contribution is -0.118. The number of pyridine rings is 1. The van der Waals surface area contributed by atoms with Gasteiger partial charge < -0.3 is 25.6 Å². The number of alkyl halides is 2. The molecule has 1 aliphatic heterocycles. The van der Waals surface area contributed by atoms with Gasteiger partial charge in [0.1, 0.15) is 17.6 Å². The lowest BCUT2D eigenvalue weighted by Crippen LogP contribution is -2.58. The summed E-state index contributed by atoms with van der Waals surface area (Å²) in [5.41, 5.74) is 0.878. The molecule has 0 aliphatic carbocycles. The van der Waals surface area contributed by atoms with Gasteiger partial charge in [-0.05, 0) is 47.5 Å². The normalized spacial score (nSPS) is 16.2. The number of halogens is 3. The van der Waals surface area contributed by atoms with Crippen molar-refractivity contribution < 1.29 is 32.5 Å². The maximum atomic E-state index is 14.1. The van der Waals surface area contributed by atoms with Crippen molar-refractivity contribution in [1.82, 2.24) is 30.8 Å². The predicted octanol–water partition coefficient (Wildman–Crippen LogP) is 2.88. The van der Waals surface area contributed by atoms with Crippen LogP contribution in [0.15, 0.2) is 47.2 Å². The Kier molecular flexibility index (Phi) is 8.35. The van der Waals surface area contributed by atoms with Gasteiger partial charge in [0.05, 0.1) is 25.7 Å². The molecule has 2 atom stereocenters. The number of aromatic nitrogens is 3. The van der Waals surface area contributed by atoms with E-state index in [1.807, 2.05) is 0 Å². The van der Waals surface area contributed by atoms with Crippen LogP contribution in [-0.4, -0.2) is 70.8 Å². The minimum Gasteiger partial charge on any atom is -0.382 e. The van der Waals surface area contributed by atoms with Gasteiger partial charge in [-0.15, -0.1) is 0 Å². The highest BCUT2D eigenvalue weighted by Crippen LogP contribution is 2.29. The lowest BCUT2D eigenvalue weighted by Gasteiger charge is -2.38. The Balaban J connectivity index is 1.60. The number of nitrogens with one attached hydrogen (secondary N) is 3. The molecule has 3 aromatic rings. The fourth-order valence-electron chi connectivity index (χ4n) is 4.00. The fourth-order valence-corrected chi connectivity index (χ4v) is 4.20. The SMILES string of the molecule is COC[C@H](c1ccnc(NC(=O)[C@@H](NC(=O)c2nonc2C)c2cccc(Cl)c2)c1)N1CC(F)(F)CNC1=O. The van der Waals surface area contributed by atoms with Gasteiger partial charge in [-0.2, -0.15) is 0 Å². The van der Waals surface area contributed by atoms with Crippen LogP contribution in [0.4, 0.5) is 19.4 Å². The maximum absolute atomic E-state index is 14.1. The number of amides is 4. The van der Waals surface area contributed by atoms with E-state index in [2.05, 4.69) is 35.9 Å². The number of hydrogen-bond donors (Lipinski definition) is 3. The van der Waals surface area contributed by atoms with Gasteiger partial charge in [0.2, 0.25) is 0 Å². The number of urea groups is 1. The molecular weight excluding hydrogens is 540 g/mol. The van der Waals surface area contributed by atoms with E-state index in [9.17, 15) is 23.2 Å². The molecule has 1 saturated heterocycles. The summed E-state index contributed by atoms with van der Waals surface area (Å²) >= 11 is 6.11. The number of carbonyl (C=O) groups excluding carboxylic acids is 3. The molecule has 206 valence electrons. The Hall–Kier alpha value is -4.17. The minimum absolute atomic E-state index is 0.0448. The van der Waals surface area contributed by atoms with E-state index in [0.717, 1.165) is 4.90 Å². The van der Waals surface area contributed by atoms with Crippen molar-refractivity contribution in [3.63, 3.8) is 0 Å². The number of rotatable bonds is 9. The molecule has 4 amide bonds. The Morgan fingerprint density at radius 3 is 2.74 bits per heavy atom. The number of benzene rings is 1. The number of aryl methyl sites for hydroxylation is 1. The molecule has 0 spiro atoms. The zero-order valence-corrected chi connectivity index (χ0v) is 21.5. The molecule has 0 bridgehead atoms. The molecule has 0 unspecified atom stereocenters. The van der Waals surface area contributed by atoms with Crippen molar-refractivity contribution in [3.8, 4) is 0 Å². The Bertz CT molecular complexity index is 1370. The third kappa shape index (κ3) is 6.64. The second-order valence-corrected chi connectivity index (χ2v) is 9.17. The van der Waals surface area contributed by atoms with Crippen LogP contribution in [0.3, 0.4) is 0 Å². The summed E-state index contributed by atoms with van der Waals surface area (Å²) < 4.78 is 37.9. The van der Waals surface area contributed by atoms with Crippen LogP contribution in [0.5, 0.6) is 0 Å². The van der Waals surface area contributed by atoms with E-state index in [4.69, 9.17) is 16.3 Å². The lowest BCUT2D eigenvalue weighted by atomic mass is 10.0.